The summed E-state index contributed by atoms with van der Waals surface area (Å²) >= 11 is 7.19. The molecule has 1 N–H and O–H groups in total. The molecule has 0 bridgehead atoms. The summed E-state index contributed by atoms with van der Waals surface area (Å²) in [5.74, 6) is -0.140. The molecule has 0 aromatic heterocycles. The van der Waals surface area contributed by atoms with Gasteiger partial charge in [0.15, 0.2) is 0 Å². The van der Waals surface area contributed by atoms with E-state index in [0.29, 0.717) is 37.2 Å². The maximum atomic E-state index is 13.1. The smallest absolute Gasteiger partial charge is 0.444 e. The summed E-state index contributed by atoms with van der Waals surface area (Å²) in [6.07, 6.45) is 3.68. The monoisotopic (exact) mass is 688 g/mol. The third-order valence-corrected chi connectivity index (χ3v) is 9.03. The molecule has 1 saturated heterocycles. The van der Waals surface area contributed by atoms with Gasteiger partial charge in [0.25, 0.3) is 5.91 Å². The number of anilines is 1. The van der Waals surface area contributed by atoms with Gasteiger partial charge in [0.2, 0.25) is 0 Å². The predicted molar refractivity (Wildman–Crippen MR) is 170 cm³/mol. The lowest BCUT2D eigenvalue weighted by Crippen LogP contribution is -2.46. The van der Waals surface area contributed by atoms with Gasteiger partial charge in [-0.15, -0.1) is 0 Å². The Hall–Kier alpha value is -2.14. The van der Waals surface area contributed by atoms with Crippen LogP contribution in [0.2, 0.25) is 0 Å². The summed E-state index contributed by atoms with van der Waals surface area (Å²) < 4.78 is 20.5. The Labute approximate surface area is 260 Å². The number of carbonyl (C=O) groups is 2. The number of aryl methyl sites for hydroxylation is 1. The summed E-state index contributed by atoms with van der Waals surface area (Å²) in [5, 5.41) is 3.07. The van der Waals surface area contributed by atoms with Crippen LogP contribution in [0.5, 0.6) is 0 Å². The van der Waals surface area contributed by atoms with Crippen molar-refractivity contribution in [1.29, 1.82) is 0 Å². The third-order valence-electron chi connectivity index (χ3n) is 7.77. The summed E-state index contributed by atoms with van der Waals surface area (Å²) in [6.45, 7) is 14.8. The average Bonchev–Trinajstić information content (AvgIpc) is 3.13. The molecule has 2 aliphatic rings. The summed E-state index contributed by atoms with van der Waals surface area (Å²) in [6, 6.07) is 11.5. The maximum Gasteiger partial charge on any atom is 0.490 e. The van der Waals surface area contributed by atoms with Crippen LogP contribution < -0.4 is 5.32 Å². The number of halogens is 2. The van der Waals surface area contributed by atoms with Crippen molar-refractivity contribution in [2.45, 2.75) is 84.5 Å². The molecular weight excluding hydrogens is 651 g/mol. The Bertz CT molecular complexity index is 1360. The van der Waals surface area contributed by atoms with Gasteiger partial charge in [-0.25, -0.2) is 4.79 Å². The molecule has 0 radical (unpaired) electrons. The lowest BCUT2D eigenvalue weighted by Gasteiger charge is -2.37. The van der Waals surface area contributed by atoms with Gasteiger partial charge >= 0.3 is 13.2 Å². The molecule has 41 heavy (non-hydrogen) atoms. The van der Waals surface area contributed by atoms with Crippen LogP contribution in [0.3, 0.4) is 0 Å². The second-order valence-corrected chi connectivity index (χ2v) is 14.1. The first kappa shape index (κ1) is 31.8. The number of hydrogen-bond donors (Lipinski definition) is 1. The lowest BCUT2D eigenvalue weighted by atomic mass is 9.74. The van der Waals surface area contributed by atoms with Gasteiger partial charge in [-0.3, -0.25) is 4.79 Å². The number of ether oxygens (including phenoxy) is 1. The number of amides is 2. The summed E-state index contributed by atoms with van der Waals surface area (Å²) in [5.41, 5.74) is 2.63. The molecule has 4 rings (SSSR count). The van der Waals surface area contributed by atoms with Crippen LogP contribution in [0.1, 0.15) is 76.4 Å². The van der Waals surface area contributed by atoms with Gasteiger partial charge in [-0.1, -0.05) is 44.9 Å². The van der Waals surface area contributed by atoms with Crippen LogP contribution in [0.15, 0.2) is 56.9 Å². The van der Waals surface area contributed by atoms with E-state index in [9.17, 15) is 9.59 Å². The molecule has 1 unspecified atom stereocenters. The van der Waals surface area contributed by atoms with Crippen LogP contribution in [-0.2, 0) is 26.9 Å². The highest BCUT2D eigenvalue weighted by Gasteiger charge is 2.55. The highest BCUT2D eigenvalue weighted by molar-refractivity contribution is 9.10. The minimum Gasteiger partial charge on any atom is -0.444 e. The van der Waals surface area contributed by atoms with Crippen LogP contribution in [0.4, 0.5) is 10.5 Å². The van der Waals surface area contributed by atoms with Crippen LogP contribution in [-0.4, -0.2) is 53.9 Å². The van der Waals surface area contributed by atoms with E-state index in [-0.39, 0.29) is 12.0 Å². The quantitative estimate of drug-likeness (QED) is 0.314. The number of carbonyl (C=O) groups excluding carboxylic acids is 2. The Morgan fingerprint density at radius 2 is 1.80 bits per heavy atom. The van der Waals surface area contributed by atoms with E-state index in [2.05, 4.69) is 44.1 Å². The highest BCUT2D eigenvalue weighted by atomic mass is 79.9. The van der Waals surface area contributed by atoms with Crippen molar-refractivity contribution < 1.29 is 23.6 Å². The highest BCUT2D eigenvalue weighted by Crippen LogP contribution is 2.43. The van der Waals surface area contributed by atoms with E-state index in [1.165, 1.54) is 0 Å². The van der Waals surface area contributed by atoms with Gasteiger partial charge in [0, 0.05) is 39.7 Å². The van der Waals surface area contributed by atoms with Crippen molar-refractivity contribution in [3.05, 3.63) is 73.6 Å². The Morgan fingerprint density at radius 3 is 2.44 bits per heavy atom. The molecule has 10 heteroatoms. The van der Waals surface area contributed by atoms with Crippen molar-refractivity contribution in [3.8, 4) is 0 Å². The standard InChI is InChI=1S/C31H39BBr2N2O5/c1-8-20-17-23(33)9-11-25(20)27(37)35-24-10-12-26(34)21(18-24)19-31(7)30(5,6)40-32(41-31)22-13-15-36(16-14-22)28(38)39-29(2,3)4/h9-13,17-18H,8,14-16,19H2,1-7H3,(H,35,37). The topological polar surface area (TPSA) is 77.1 Å². The predicted octanol–water partition coefficient (Wildman–Crippen LogP) is 7.75. The van der Waals surface area contributed by atoms with Crippen LogP contribution in [0.25, 0.3) is 0 Å². The van der Waals surface area contributed by atoms with Crippen molar-refractivity contribution in [2.75, 3.05) is 18.4 Å². The van der Waals surface area contributed by atoms with Gasteiger partial charge < -0.3 is 24.3 Å². The molecule has 7 nitrogen and oxygen atoms in total. The molecule has 2 aromatic carbocycles. The molecule has 0 aliphatic carbocycles. The van der Waals surface area contributed by atoms with Crippen molar-refractivity contribution in [1.82, 2.24) is 4.90 Å². The molecule has 2 aromatic rings. The molecule has 1 atom stereocenters. The van der Waals surface area contributed by atoms with E-state index >= 15 is 0 Å². The number of nitrogens with one attached hydrogen (secondary N) is 1. The number of rotatable bonds is 6. The van der Waals surface area contributed by atoms with Gasteiger partial charge in [-0.2, -0.15) is 0 Å². The fraction of sp³-hybridized carbons (Fsp3) is 0.484. The zero-order chi connectivity index (χ0) is 30.2. The van der Waals surface area contributed by atoms with Crippen molar-refractivity contribution in [3.63, 3.8) is 0 Å². The van der Waals surface area contributed by atoms with Gasteiger partial charge in [-0.05, 0) is 107 Å². The second kappa shape index (κ2) is 12.2. The first-order chi connectivity index (χ1) is 19.1. The fourth-order valence-corrected chi connectivity index (χ4v) is 5.81. The normalized spacial score (nSPS) is 20.6. The van der Waals surface area contributed by atoms with Crippen molar-refractivity contribution in [2.24, 2.45) is 0 Å². The van der Waals surface area contributed by atoms with E-state index in [1.54, 1.807) is 4.90 Å². The van der Waals surface area contributed by atoms with Crippen LogP contribution >= 0.6 is 31.9 Å². The number of nitrogens with zero attached hydrogens (tertiary/aromatic N) is 1. The third kappa shape index (κ3) is 7.45. The zero-order valence-corrected chi connectivity index (χ0v) is 28.1. The Kier molecular flexibility index (Phi) is 9.48. The molecule has 2 aliphatic heterocycles. The summed E-state index contributed by atoms with van der Waals surface area (Å²) in [4.78, 5) is 27.3. The molecule has 0 spiro atoms. The Morgan fingerprint density at radius 1 is 1.07 bits per heavy atom. The van der Waals surface area contributed by atoms with Crippen LogP contribution in [0, 0.1) is 0 Å². The maximum absolute atomic E-state index is 13.1. The second-order valence-electron chi connectivity index (χ2n) is 12.4. The van der Waals surface area contributed by atoms with E-state index in [1.807, 2.05) is 84.0 Å². The largest absolute Gasteiger partial charge is 0.490 e. The van der Waals surface area contributed by atoms with Gasteiger partial charge in [0.05, 0.1) is 11.2 Å². The zero-order valence-electron chi connectivity index (χ0n) is 24.9. The van der Waals surface area contributed by atoms with E-state index < -0.39 is 23.9 Å². The minimum atomic E-state index is -0.646. The molecule has 220 valence electrons. The fourth-order valence-electron chi connectivity index (χ4n) is 5.02. The number of benzene rings is 2. The van der Waals surface area contributed by atoms with E-state index in [0.717, 1.165) is 32.0 Å². The summed E-state index contributed by atoms with van der Waals surface area (Å²) in [7, 11) is -0.498. The molecule has 0 saturated carbocycles. The van der Waals surface area contributed by atoms with Gasteiger partial charge in [0.1, 0.15) is 5.60 Å². The van der Waals surface area contributed by atoms with Crippen molar-refractivity contribution >= 4 is 56.7 Å². The van der Waals surface area contributed by atoms with E-state index in [4.69, 9.17) is 14.0 Å². The lowest BCUT2D eigenvalue weighted by molar-refractivity contribution is -0.00887. The average molecular weight is 690 g/mol. The molecule has 1 fully saturated rings. The number of hydrogen-bond acceptors (Lipinski definition) is 5. The molecule has 2 amide bonds. The molecule has 2 heterocycles. The molecular formula is C31H39BBr2N2O5. The first-order valence-corrected chi connectivity index (χ1v) is 15.6. The minimum absolute atomic E-state index is 0.140. The Balaban J connectivity index is 1.47. The SMILES string of the molecule is CCc1cc(Br)ccc1C(=O)Nc1ccc(Br)c(CC2(C)OB(C3=CCN(C(=O)OC(C)(C)C)CC3)OC2(C)C)c1. The first-order valence-electron chi connectivity index (χ1n) is 14.0.